The zero-order valence-electron chi connectivity index (χ0n) is 9.04. The molecule has 0 fully saturated rings. The van der Waals surface area contributed by atoms with Crippen LogP contribution in [0, 0.1) is 17.0 Å². The first-order valence-corrected chi connectivity index (χ1v) is 6.60. The molecular formula is C9H10N4O2S2. The van der Waals surface area contributed by atoms with E-state index in [-0.39, 0.29) is 5.00 Å². The van der Waals surface area contributed by atoms with Crippen LogP contribution >= 0.6 is 22.7 Å². The third-order valence-electron chi connectivity index (χ3n) is 2.00. The second-order valence-electron chi connectivity index (χ2n) is 3.30. The summed E-state index contributed by atoms with van der Waals surface area (Å²) < 4.78 is 0. The van der Waals surface area contributed by atoms with Gasteiger partial charge >= 0.3 is 5.00 Å². The lowest BCUT2D eigenvalue weighted by Crippen LogP contribution is -2.04. The van der Waals surface area contributed by atoms with Gasteiger partial charge in [-0.05, 0) is 18.3 Å². The Bertz CT molecular complexity index is 523. The number of hydrogen-bond donors (Lipinski definition) is 1. The molecule has 0 unspecified atom stereocenters. The normalized spacial score (nSPS) is 10.4. The number of hydrogen-bond acceptors (Lipinski definition) is 7. The molecule has 0 aliphatic carbocycles. The summed E-state index contributed by atoms with van der Waals surface area (Å²) in [5.74, 6) is 0. The minimum atomic E-state index is -0.438. The molecule has 6 nitrogen and oxygen atoms in total. The fourth-order valence-electron chi connectivity index (χ4n) is 1.25. The van der Waals surface area contributed by atoms with Crippen LogP contribution in [0.1, 0.15) is 10.7 Å². The molecular weight excluding hydrogens is 260 g/mol. The van der Waals surface area contributed by atoms with Crippen LogP contribution in [0.25, 0.3) is 0 Å². The summed E-state index contributed by atoms with van der Waals surface area (Å²) in [7, 11) is 0. The molecule has 2 rings (SSSR count). The van der Waals surface area contributed by atoms with Crippen LogP contribution in [0.3, 0.4) is 0 Å². The van der Waals surface area contributed by atoms with Crippen molar-refractivity contribution in [1.29, 1.82) is 0 Å². The third-order valence-corrected chi connectivity index (χ3v) is 3.73. The van der Waals surface area contributed by atoms with Crippen molar-refractivity contribution < 1.29 is 4.92 Å². The van der Waals surface area contributed by atoms with Crippen molar-refractivity contribution >= 4 is 32.8 Å². The number of aromatic nitrogens is 2. The van der Waals surface area contributed by atoms with E-state index in [0.717, 1.165) is 28.5 Å². The number of nitrogens with one attached hydrogen (secondary N) is 1. The van der Waals surface area contributed by atoms with E-state index in [1.807, 2.05) is 12.3 Å². The second kappa shape index (κ2) is 5.19. The topological polar surface area (TPSA) is 81.0 Å². The summed E-state index contributed by atoms with van der Waals surface area (Å²) in [5, 5.41) is 17.2. The van der Waals surface area contributed by atoms with Crippen molar-refractivity contribution in [2.24, 2.45) is 0 Å². The first kappa shape index (κ1) is 11.9. The average molecular weight is 270 g/mol. The summed E-state index contributed by atoms with van der Waals surface area (Å²) >= 11 is 2.66. The van der Waals surface area contributed by atoms with Crippen LogP contribution < -0.4 is 5.32 Å². The maximum absolute atomic E-state index is 10.5. The lowest BCUT2D eigenvalue weighted by Gasteiger charge is -1.98. The van der Waals surface area contributed by atoms with Gasteiger partial charge < -0.3 is 5.32 Å². The highest BCUT2D eigenvalue weighted by atomic mass is 32.1. The van der Waals surface area contributed by atoms with Crippen molar-refractivity contribution in [1.82, 2.24) is 9.97 Å². The first-order valence-electron chi connectivity index (χ1n) is 4.90. The minimum absolute atomic E-state index is 0.0528. The van der Waals surface area contributed by atoms with E-state index in [1.165, 1.54) is 6.20 Å². The highest BCUT2D eigenvalue weighted by molar-refractivity contribution is 7.18. The average Bonchev–Trinajstić information content (AvgIpc) is 2.88. The predicted molar refractivity (Wildman–Crippen MR) is 67.8 cm³/mol. The van der Waals surface area contributed by atoms with Gasteiger partial charge in [0, 0.05) is 18.3 Å². The van der Waals surface area contributed by atoms with Gasteiger partial charge in [-0.1, -0.05) is 0 Å². The molecule has 90 valence electrons. The fourth-order valence-corrected chi connectivity index (χ4v) is 2.56. The molecule has 0 aliphatic heterocycles. The maximum Gasteiger partial charge on any atom is 0.345 e. The molecule has 8 heteroatoms. The highest BCUT2D eigenvalue weighted by Gasteiger charge is 2.10. The molecule has 1 N–H and O–H groups in total. The van der Waals surface area contributed by atoms with Crippen molar-refractivity contribution in [3.05, 3.63) is 32.4 Å². The molecule has 0 atom stereocenters. The van der Waals surface area contributed by atoms with E-state index in [0.29, 0.717) is 11.7 Å². The molecule has 0 saturated heterocycles. The van der Waals surface area contributed by atoms with E-state index >= 15 is 0 Å². The fraction of sp³-hybridized carbons (Fsp3) is 0.333. The van der Waals surface area contributed by atoms with Gasteiger partial charge in [0.25, 0.3) is 0 Å². The molecule has 0 spiro atoms. The van der Waals surface area contributed by atoms with Crippen LogP contribution in [0.2, 0.25) is 0 Å². The van der Waals surface area contributed by atoms with Crippen molar-refractivity contribution in [3.8, 4) is 0 Å². The number of nitro groups is 1. The van der Waals surface area contributed by atoms with Gasteiger partial charge in [0.15, 0.2) is 5.13 Å². The van der Waals surface area contributed by atoms with Crippen LogP contribution in [0.5, 0.6) is 0 Å². The van der Waals surface area contributed by atoms with Gasteiger partial charge in [-0.3, -0.25) is 10.1 Å². The lowest BCUT2D eigenvalue weighted by molar-refractivity contribution is -0.380. The Morgan fingerprint density at radius 1 is 1.59 bits per heavy atom. The molecule has 0 aromatic carbocycles. The standard InChI is InChI=1S/C9H10N4O2S2/c1-6-12-7(5-16-6)2-3-10-9-11-4-8(17-9)13(14)15/h4-5H,2-3H2,1H3,(H,10,11). The second-order valence-corrected chi connectivity index (χ2v) is 5.37. The summed E-state index contributed by atoms with van der Waals surface area (Å²) in [6.07, 6.45) is 2.05. The Balaban J connectivity index is 1.83. The van der Waals surface area contributed by atoms with Crippen LogP contribution in [-0.4, -0.2) is 21.4 Å². The third kappa shape index (κ3) is 3.21. The Morgan fingerprint density at radius 3 is 3.00 bits per heavy atom. The van der Waals surface area contributed by atoms with Crippen molar-refractivity contribution in [3.63, 3.8) is 0 Å². The van der Waals surface area contributed by atoms with E-state index in [1.54, 1.807) is 11.3 Å². The molecule has 2 aromatic rings. The molecule has 0 saturated carbocycles. The van der Waals surface area contributed by atoms with Gasteiger partial charge in [0.1, 0.15) is 6.20 Å². The number of aryl methyl sites for hydroxylation is 1. The van der Waals surface area contributed by atoms with E-state index in [4.69, 9.17) is 0 Å². The summed E-state index contributed by atoms with van der Waals surface area (Å²) in [4.78, 5) is 18.3. The summed E-state index contributed by atoms with van der Waals surface area (Å²) in [6.45, 7) is 2.64. The van der Waals surface area contributed by atoms with Crippen molar-refractivity contribution in [2.75, 3.05) is 11.9 Å². The first-order chi connectivity index (χ1) is 8.15. The predicted octanol–water partition coefficient (Wildman–Crippen LogP) is 2.47. The molecule has 0 amide bonds. The monoisotopic (exact) mass is 270 g/mol. The zero-order valence-corrected chi connectivity index (χ0v) is 10.7. The molecule has 0 aliphatic rings. The smallest absolute Gasteiger partial charge is 0.345 e. The summed E-state index contributed by atoms with van der Waals surface area (Å²) in [5.41, 5.74) is 1.03. The quantitative estimate of drug-likeness (QED) is 0.666. The van der Waals surface area contributed by atoms with Gasteiger partial charge in [0.05, 0.1) is 15.6 Å². The van der Waals surface area contributed by atoms with E-state index in [9.17, 15) is 10.1 Å². The Kier molecular flexibility index (Phi) is 3.64. The Labute approximate surface area is 106 Å². The molecule has 0 bridgehead atoms. The van der Waals surface area contributed by atoms with Gasteiger partial charge in [-0.2, -0.15) is 0 Å². The maximum atomic E-state index is 10.5. The van der Waals surface area contributed by atoms with Gasteiger partial charge in [0.2, 0.25) is 0 Å². The lowest BCUT2D eigenvalue weighted by atomic mass is 10.3. The number of nitrogens with zero attached hydrogens (tertiary/aromatic N) is 3. The van der Waals surface area contributed by atoms with Crippen LogP contribution in [-0.2, 0) is 6.42 Å². The number of thiazole rings is 2. The van der Waals surface area contributed by atoms with Crippen LogP contribution in [0.15, 0.2) is 11.6 Å². The van der Waals surface area contributed by atoms with E-state index in [2.05, 4.69) is 15.3 Å². The summed E-state index contributed by atoms with van der Waals surface area (Å²) in [6, 6.07) is 0. The highest BCUT2D eigenvalue weighted by Crippen LogP contribution is 2.24. The molecule has 17 heavy (non-hydrogen) atoms. The Morgan fingerprint density at radius 2 is 2.41 bits per heavy atom. The zero-order chi connectivity index (χ0) is 12.3. The van der Waals surface area contributed by atoms with Crippen molar-refractivity contribution in [2.45, 2.75) is 13.3 Å². The van der Waals surface area contributed by atoms with E-state index < -0.39 is 4.92 Å². The number of anilines is 1. The number of rotatable bonds is 5. The molecule has 0 radical (unpaired) electrons. The van der Waals surface area contributed by atoms with Gasteiger partial charge in [-0.25, -0.2) is 9.97 Å². The largest absolute Gasteiger partial charge is 0.361 e. The molecule has 2 heterocycles. The van der Waals surface area contributed by atoms with Gasteiger partial charge in [-0.15, -0.1) is 11.3 Å². The SMILES string of the molecule is Cc1nc(CCNc2ncc([N+](=O)[O-])s2)cs1. The molecule has 2 aromatic heterocycles. The van der Waals surface area contributed by atoms with Crippen LogP contribution in [0.4, 0.5) is 10.1 Å². The Hall–Kier alpha value is -1.54. The minimum Gasteiger partial charge on any atom is -0.361 e.